The fraction of sp³-hybridized carbons (Fsp3) is 0.500. The van der Waals surface area contributed by atoms with E-state index in [4.69, 9.17) is 4.74 Å². The minimum absolute atomic E-state index is 0.100. The van der Waals surface area contributed by atoms with Crippen LogP contribution in [0.3, 0.4) is 0 Å². The van der Waals surface area contributed by atoms with Crippen molar-refractivity contribution in [3.8, 4) is 11.5 Å². The second kappa shape index (κ2) is 7.76. The van der Waals surface area contributed by atoms with Crippen LogP contribution in [0.25, 0.3) is 0 Å². The second-order valence-electron chi connectivity index (χ2n) is 8.80. The van der Waals surface area contributed by atoms with Crippen LogP contribution in [0, 0.1) is 5.92 Å². The highest BCUT2D eigenvalue weighted by atomic mass is 16.5. The number of aromatic hydroxyl groups is 1. The van der Waals surface area contributed by atoms with Crippen LogP contribution in [0.15, 0.2) is 48.5 Å². The first kappa shape index (κ1) is 19.3. The van der Waals surface area contributed by atoms with Gasteiger partial charge in [-0.25, -0.2) is 0 Å². The maximum atomic E-state index is 9.99. The summed E-state index contributed by atoms with van der Waals surface area (Å²) in [5, 5.41) is 9.99. The zero-order chi connectivity index (χ0) is 19.7. The molecule has 2 heterocycles. The average Bonchev–Trinajstić information content (AvgIpc) is 2.70. The van der Waals surface area contributed by atoms with Gasteiger partial charge >= 0.3 is 0 Å². The van der Waals surface area contributed by atoms with Gasteiger partial charge in [0.05, 0.1) is 7.11 Å². The van der Waals surface area contributed by atoms with E-state index in [0.717, 1.165) is 44.9 Å². The summed E-state index contributed by atoms with van der Waals surface area (Å²) in [5.74, 6) is 1.86. The minimum Gasteiger partial charge on any atom is -0.508 e. The SMILES string of the molecule is COc1ccc(CN2CCN3C[C@H](C)[C@](C)(c4cccc(O)c4)C[C@@H]3C2)cc1. The highest BCUT2D eigenvalue weighted by molar-refractivity contribution is 5.34. The molecule has 4 heteroatoms. The maximum Gasteiger partial charge on any atom is 0.118 e. The van der Waals surface area contributed by atoms with Crippen molar-refractivity contribution in [2.75, 3.05) is 33.3 Å². The van der Waals surface area contributed by atoms with Crippen molar-refractivity contribution in [2.24, 2.45) is 5.92 Å². The van der Waals surface area contributed by atoms with Gasteiger partial charge in [0.1, 0.15) is 11.5 Å². The summed E-state index contributed by atoms with van der Waals surface area (Å²) in [7, 11) is 1.71. The molecule has 2 fully saturated rings. The van der Waals surface area contributed by atoms with Gasteiger partial charge in [0.15, 0.2) is 0 Å². The summed E-state index contributed by atoms with van der Waals surface area (Å²) >= 11 is 0. The maximum absolute atomic E-state index is 9.99. The van der Waals surface area contributed by atoms with Crippen LogP contribution in [0.1, 0.15) is 31.4 Å². The van der Waals surface area contributed by atoms with Crippen molar-refractivity contribution in [1.82, 2.24) is 9.80 Å². The first-order chi connectivity index (χ1) is 13.5. The van der Waals surface area contributed by atoms with Crippen molar-refractivity contribution >= 4 is 0 Å². The molecule has 2 aliphatic heterocycles. The molecule has 150 valence electrons. The Labute approximate surface area is 168 Å². The molecule has 0 unspecified atom stereocenters. The molecule has 0 aromatic heterocycles. The van der Waals surface area contributed by atoms with Crippen LogP contribution in [0.2, 0.25) is 0 Å². The molecule has 0 saturated carbocycles. The lowest BCUT2D eigenvalue weighted by atomic mass is 9.65. The number of fused-ring (bicyclic) bond motifs is 1. The number of methoxy groups -OCH3 is 1. The predicted molar refractivity (Wildman–Crippen MR) is 113 cm³/mol. The summed E-state index contributed by atoms with van der Waals surface area (Å²) in [4.78, 5) is 5.27. The third-order valence-electron chi connectivity index (χ3n) is 7.02. The van der Waals surface area contributed by atoms with E-state index in [1.54, 1.807) is 13.2 Å². The van der Waals surface area contributed by atoms with E-state index in [2.05, 4.69) is 41.8 Å². The first-order valence-corrected chi connectivity index (χ1v) is 10.4. The molecule has 2 aromatic rings. The molecule has 0 amide bonds. The lowest BCUT2D eigenvalue weighted by Gasteiger charge is -2.53. The molecule has 0 spiro atoms. The van der Waals surface area contributed by atoms with Crippen molar-refractivity contribution in [2.45, 2.75) is 38.3 Å². The van der Waals surface area contributed by atoms with Gasteiger partial charge < -0.3 is 9.84 Å². The monoisotopic (exact) mass is 380 g/mol. The zero-order valence-electron chi connectivity index (χ0n) is 17.3. The van der Waals surface area contributed by atoms with Crippen molar-refractivity contribution in [1.29, 1.82) is 0 Å². The third-order valence-corrected chi connectivity index (χ3v) is 7.02. The average molecular weight is 381 g/mol. The summed E-state index contributed by atoms with van der Waals surface area (Å²) in [6.45, 7) is 10.2. The quantitative estimate of drug-likeness (QED) is 0.873. The van der Waals surface area contributed by atoms with Gasteiger partial charge in [0.2, 0.25) is 0 Å². The van der Waals surface area contributed by atoms with Gasteiger partial charge in [-0.05, 0) is 53.1 Å². The largest absolute Gasteiger partial charge is 0.508 e. The van der Waals surface area contributed by atoms with E-state index in [0.29, 0.717) is 17.7 Å². The van der Waals surface area contributed by atoms with E-state index in [-0.39, 0.29) is 5.41 Å². The van der Waals surface area contributed by atoms with Gasteiger partial charge in [0.25, 0.3) is 0 Å². The smallest absolute Gasteiger partial charge is 0.118 e. The van der Waals surface area contributed by atoms with Gasteiger partial charge in [-0.3, -0.25) is 9.80 Å². The molecule has 4 nitrogen and oxygen atoms in total. The first-order valence-electron chi connectivity index (χ1n) is 10.4. The van der Waals surface area contributed by atoms with E-state index >= 15 is 0 Å². The number of piperidine rings is 1. The van der Waals surface area contributed by atoms with E-state index < -0.39 is 0 Å². The molecule has 2 saturated heterocycles. The minimum atomic E-state index is 0.100. The van der Waals surface area contributed by atoms with E-state index in [1.165, 1.54) is 11.1 Å². The number of phenols is 1. The number of phenolic OH excluding ortho intramolecular Hbond substituents is 1. The van der Waals surface area contributed by atoms with Gasteiger partial charge in [0, 0.05) is 38.8 Å². The van der Waals surface area contributed by atoms with Gasteiger partial charge in [-0.2, -0.15) is 0 Å². The van der Waals surface area contributed by atoms with Crippen LogP contribution in [0.4, 0.5) is 0 Å². The molecule has 2 aromatic carbocycles. The molecule has 0 aliphatic carbocycles. The van der Waals surface area contributed by atoms with Crippen LogP contribution in [-0.2, 0) is 12.0 Å². The summed E-state index contributed by atoms with van der Waals surface area (Å²) in [5.41, 5.74) is 2.71. The molecule has 1 N–H and O–H groups in total. The lowest BCUT2D eigenvalue weighted by Crippen LogP contribution is -2.60. The summed E-state index contributed by atoms with van der Waals surface area (Å²) in [6.07, 6.45) is 1.14. The fourth-order valence-electron chi connectivity index (χ4n) is 5.03. The lowest BCUT2D eigenvalue weighted by molar-refractivity contribution is -0.00558. The van der Waals surface area contributed by atoms with Gasteiger partial charge in [-0.15, -0.1) is 0 Å². The molecule has 28 heavy (non-hydrogen) atoms. The summed E-state index contributed by atoms with van der Waals surface area (Å²) in [6, 6.07) is 16.9. The molecular formula is C24H32N2O2. The van der Waals surface area contributed by atoms with Crippen LogP contribution in [0.5, 0.6) is 11.5 Å². The fourth-order valence-corrected chi connectivity index (χ4v) is 5.03. The van der Waals surface area contributed by atoms with Crippen LogP contribution < -0.4 is 4.74 Å². The number of hydrogen-bond donors (Lipinski definition) is 1. The van der Waals surface area contributed by atoms with E-state index in [1.807, 2.05) is 24.3 Å². The molecule has 4 rings (SSSR count). The number of hydrogen-bond acceptors (Lipinski definition) is 4. The second-order valence-corrected chi connectivity index (χ2v) is 8.80. The normalized spacial score (nSPS) is 28.7. The number of nitrogens with zero attached hydrogens (tertiary/aromatic N) is 2. The Kier molecular flexibility index (Phi) is 5.35. The van der Waals surface area contributed by atoms with Crippen molar-refractivity contribution < 1.29 is 9.84 Å². The molecular weight excluding hydrogens is 348 g/mol. The Hall–Kier alpha value is -2.04. The summed E-state index contributed by atoms with van der Waals surface area (Å²) < 4.78 is 5.28. The number of benzene rings is 2. The highest BCUT2D eigenvalue weighted by Gasteiger charge is 2.44. The number of piperazine rings is 1. The topological polar surface area (TPSA) is 35.9 Å². The van der Waals surface area contributed by atoms with Crippen molar-refractivity contribution in [3.63, 3.8) is 0 Å². The highest BCUT2D eigenvalue weighted by Crippen LogP contribution is 2.43. The Morgan fingerprint density at radius 3 is 2.61 bits per heavy atom. The molecule has 3 atom stereocenters. The standard InChI is InChI=1S/C24H32N2O2/c1-18-15-26-12-11-25(16-19-7-9-23(28-3)10-8-19)17-21(26)14-24(18,2)20-5-4-6-22(27)13-20/h4-10,13,18,21,27H,11-12,14-17H2,1-3H3/t18-,21+,24+/m0/s1. The van der Waals surface area contributed by atoms with Crippen LogP contribution >= 0.6 is 0 Å². The Balaban J connectivity index is 1.47. The Bertz CT molecular complexity index is 807. The van der Waals surface area contributed by atoms with E-state index in [9.17, 15) is 5.11 Å². The third kappa shape index (κ3) is 3.76. The Morgan fingerprint density at radius 1 is 1.11 bits per heavy atom. The molecule has 2 aliphatic rings. The van der Waals surface area contributed by atoms with Crippen molar-refractivity contribution in [3.05, 3.63) is 59.7 Å². The predicted octanol–water partition coefficient (Wildman–Crippen LogP) is 3.88. The zero-order valence-corrected chi connectivity index (χ0v) is 17.3. The van der Waals surface area contributed by atoms with Gasteiger partial charge in [-0.1, -0.05) is 38.1 Å². The Morgan fingerprint density at radius 2 is 1.89 bits per heavy atom. The molecule has 0 bridgehead atoms. The number of rotatable bonds is 4. The number of ether oxygens (including phenoxy) is 1. The van der Waals surface area contributed by atoms with Crippen LogP contribution in [-0.4, -0.2) is 54.2 Å². The molecule has 0 radical (unpaired) electrons.